The topological polar surface area (TPSA) is 82.0 Å². The fraction of sp³-hybridized carbons (Fsp3) is 0.462. The Morgan fingerprint density at radius 3 is 2.90 bits per heavy atom. The molecule has 1 saturated heterocycles. The molecule has 0 amide bonds. The van der Waals surface area contributed by atoms with Crippen molar-refractivity contribution >= 4 is 21.6 Å². The average Bonchev–Trinajstić information content (AvgIpc) is 2.41. The van der Waals surface area contributed by atoms with Gasteiger partial charge in [0.2, 0.25) is 10.0 Å². The van der Waals surface area contributed by atoms with E-state index in [0.29, 0.717) is 0 Å². The highest BCUT2D eigenvalue weighted by Gasteiger charge is 2.28. The van der Waals surface area contributed by atoms with Crippen LogP contribution in [-0.2, 0) is 10.0 Å². The first-order valence-corrected chi connectivity index (χ1v) is 8.26. The Hall–Kier alpha value is -1.13. The summed E-state index contributed by atoms with van der Waals surface area (Å²) in [5.41, 5.74) is -0.0157. The van der Waals surface area contributed by atoms with Crippen LogP contribution in [0, 0.1) is 11.3 Å². The molecular weight excluding hydrogens is 298 g/mol. The minimum atomic E-state index is -3.76. The van der Waals surface area contributed by atoms with Crippen molar-refractivity contribution in [3.8, 4) is 6.07 Å². The van der Waals surface area contributed by atoms with Gasteiger partial charge >= 0.3 is 0 Å². The molecule has 2 atom stereocenters. The van der Waals surface area contributed by atoms with Gasteiger partial charge in [0, 0.05) is 12.1 Å². The standard InChI is InChI=1S/C13H16ClN3O2S/c1-9-12(5-3-7-16-9)17-20(18,19)13-6-2-4-11(14)10(13)8-15/h2,4,6,9,12,16-17H,3,5,7H2,1H3. The van der Waals surface area contributed by atoms with E-state index in [1.807, 2.05) is 13.0 Å². The van der Waals surface area contributed by atoms with Gasteiger partial charge in [0.1, 0.15) is 11.0 Å². The van der Waals surface area contributed by atoms with E-state index in [1.165, 1.54) is 18.2 Å². The molecule has 2 rings (SSSR count). The maximum Gasteiger partial charge on any atom is 0.242 e. The molecule has 0 aliphatic carbocycles. The zero-order valence-corrected chi connectivity index (χ0v) is 12.6. The van der Waals surface area contributed by atoms with Crippen LogP contribution >= 0.6 is 11.6 Å². The average molecular weight is 314 g/mol. The van der Waals surface area contributed by atoms with Crippen LogP contribution in [0.15, 0.2) is 23.1 Å². The number of hydrogen-bond acceptors (Lipinski definition) is 4. The van der Waals surface area contributed by atoms with Crippen molar-refractivity contribution in [3.05, 3.63) is 28.8 Å². The van der Waals surface area contributed by atoms with Crippen LogP contribution in [0.4, 0.5) is 0 Å². The van der Waals surface area contributed by atoms with Crippen LogP contribution in [0.2, 0.25) is 5.02 Å². The number of benzene rings is 1. The third kappa shape index (κ3) is 3.13. The predicted octanol–water partition coefficient (Wildman–Crippen LogP) is 1.63. The molecule has 0 spiro atoms. The van der Waals surface area contributed by atoms with E-state index in [-0.39, 0.29) is 27.6 Å². The monoisotopic (exact) mass is 313 g/mol. The van der Waals surface area contributed by atoms with Crippen molar-refractivity contribution in [1.29, 1.82) is 5.26 Å². The maximum atomic E-state index is 12.4. The van der Waals surface area contributed by atoms with Crippen LogP contribution in [0.1, 0.15) is 25.3 Å². The van der Waals surface area contributed by atoms with Gasteiger partial charge in [-0.05, 0) is 38.4 Å². The summed E-state index contributed by atoms with van der Waals surface area (Å²) in [5, 5.41) is 12.5. The van der Waals surface area contributed by atoms with Crippen molar-refractivity contribution in [2.24, 2.45) is 0 Å². The third-order valence-corrected chi connectivity index (χ3v) is 5.29. The lowest BCUT2D eigenvalue weighted by atomic mass is 10.0. The molecule has 20 heavy (non-hydrogen) atoms. The fourth-order valence-electron chi connectivity index (χ4n) is 2.30. The van der Waals surface area contributed by atoms with Gasteiger partial charge in [-0.3, -0.25) is 0 Å². The second kappa shape index (κ2) is 6.10. The number of piperidine rings is 1. The Balaban J connectivity index is 2.32. The molecule has 2 unspecified atom stereocenters. The van der Waals surface area contributed by atoms with Gasteiger partial charge in [-0.2, -0.15) is 5.26 Å². The molecule has 1 heterocycles. The van der Waals surface area contributed by atoms with Crippen LogP contribution in [0.5, 0.6) is 0 Å². The molecule has 2 N–H and O–H groups in total. The summed E-state index contributed by atoms with van der Waals surface area (Å²) in [4.78, 5) is -0.0646. The van der Waals surface area contributed by atoms with Gasteiger partial charge < -0.3 is 5.32 Å². The highest BCUT2D eigenvalue weighted by molar-refractivity contribution is 7.89. The Labute approximate surface area is 124 Å². The highest BCUT2D eigenvalue weighted by atomic mass is 35.5. The Kier molecular flexibility index (Phi) is 4.66. The first-order chi connectivity index (χ1) is 9.45. The molecule has 108 valence electrons. The van der Waals surface area contributed by atoms with E-state index in [0.717, 1.165) is 19.4 Å². The molecule has 0 saturated carbocycles. The van der Waals surface area contributed by atoms with Gasteiger partial charge in [0.25, 0.3) is 0 Å². The number of hydrogen-bond donors (Lipinski definition) is 2. The number of nitrogens with one attached hydrogen (secondary N) is 2. The van der Waals surface area contributed by atoms with Crippen molar-refractivity contribution in [3.63, 3.8) is 0 Å². The van der Waals surface area contributed by atoms with Crippen LogP contribution in [0.25, 0.3) is 0 Å². The maximum absolute atomic E-state index is 12.4. The summed E-state index contributed by atoms with van der Waals surface area (Å²) in [6.07, 6.45) is 1.69. The molecule has 7 heteroatoms. The normalized spacial score (nSPS) is 23.2. The molecule has 0 aromatic heterocycles. The van der Waals surface area contributed by atoms with E-state index in [4.69, 9.17) is 16.9 Å². The van der Waals surface area contributed by atoms with Crippen LogP contribution in [-0.4, -0.2) is 27.0 Å². The summed E-state index contributed by atoms with van der Waals surface area (Å²) in [6, 6.07) is 6.16. The van der Waals surface area contributed by atoms with Gasteiger partial charge in [-0.15, -0.1) is 0 Å². The molecule has 0 radical (unpaired) electrons. The number of halogens is 1. The van der Waals surface area contributed by atoms with Crippen molar-refractivity contribution < 1.29 is 8.42 Å². The van der Waals surface area contributed by atoms with E-state index >= 15 is 0 Å². The summed E-state index contributed by atoms with van der Waals surface area (Å²) in [7, 11) is -3.76. The summed E-state index contributed by atoms with van der Waals surface area (Å²) < 4.78 is 27.5. The summed E-state index contributed by atoms with van der Waals surface area (Å²) in [5.74, 6) is 0. The summed E-state index contributed by atoms with van der Waals surface area (Å²) >= 11 is 5.88. The minimum absolute atomic E-state index is 0.0157. The van der Waals surface area contributed by atoms with Crippen molar-refractivity contribution in [2.45, 2.75) is 36.7 Å². The van der Waals surface area contributed by atoms with Gasteiger partial charge in [-0.25, -0.2) is 13.1 Å². The highest BCUT2D eigenvalue weighted by Crippen LogP contribution is 2.23. The molecule has 1 aromatic carbocycles. The zero-order chi connectivity index (χ0) is 14.8. The lowest BCUT2D eigenvalue weighted by Crippen LogP contribution is -2.51. The number of nitrogens with zero attached hydrogens (tertiary/aromatic N) is 1. The van der Waals surface area contributed by atoms with Gasteiger partial charge in [-0.1, -0.05) is 17.7 Å². The molecule has 1 aromatic rings. The van der Waals surface area contributed by atoms with Crippen molar-refractivity contribution in [1.82, 2.24) is 10.0 Å². The molecule has 1 fully saturated rings. The molecule has 5 nitrogen and oxygen atoms in total. The van der Waals surface area contributed by atoms with E-state index in [2.05, 4.69) is 10.0 Å². The Morgan fingerprint density at radius 2 is 2.25 bits per heavy atom. The second-order valence-electron chi connectivity index (χ2n) is 4.84. The van der Waals surface area contributed by atoms with Gasteiger partial charge in [0.05, 0.1) is 10.6 Å². The lowest BCUT2D eigenvalue weighted by molar-refractivity contribution is 0.349. The number of rotatable bonds is 3. The number of nitriles is 1. The summed E-state index contributed by atoms with van der Waals surface area (Å²) in [6.45, 7) is 2.83. The second-order valence-corrected chi connectivity index (χ2v) is 6.93. The first-order valence-electron chi connectivity index (χ1n) is 6.40. The van der Waals surface area contributed by atoms with E-state index in [1.54, 1.807) is 0 Å². The molecular formula is C13H16ClN3O2S. The predicted molar refractivity (Wildman–Crippen MR) is 77.0 cm³/mol. The minimum Gasteiger partial charge on any atom is -0.313 e. The van der Waals surface area contributed by atoms with Crippen LogP contribution < -0.4 is 10.0 Å². The lowest BCUT2D eigenvalue weighted by Gasteiger charge is -2.30. The fourth-order valence-corrected chi connectivity index (χ4v) is 4.11. The van der Waals surface area contributed by atoms with Crippen LogP contribution in [0.3, 0.4) is 0 Å². The smallest absolute Gasteiger partial charge is 0.242 e. The van der Waals surface area contributed by atoms with E-state index < -0.39 is 10.0 Å². The third-order valence-electron chi connectivity index (χ3n) is 3.44. The largest absolute Gasteiger partial charge is 0.313 e. The van der Waals surface area contributed by atoms with E-state index in [9.17, 15) is 8.42 Å². The zero-order valence-electron chi connectivity index (χ0n) is 11.1. The van der Waals surface area contributed by atoms with Crippen molar-refractivity contribution in [2.75, 3.05) is 6.54 Å². The molecule has 1 aliphatic heterocycles. The number of sulfonamides is 1. The molecule has 0 bridgehead atoms. The van der Waals surface area contributed by atoms with Gasteiger partial charge in [0.15, 0.2) is 0 Å². The quantitative estimate of drug-likeness (QED) is 0.888. The SMILES string of the molecule is CC1NCCCC1NS(=O)(=O)c1cccc(Cl)c1C#N. The first kappa shape index (κ1) is 15.3. The Morgan fingerprint density at radius 1 is 1.50 bits per heavy atom. The molecule has 1 aliphatic rings. The Bertz CT molecular complexity index is 640.